The number of azo groups is 1. The fourth-order valence-electron chi connectivity index (χ4n) is 3.41. The first-order valence-corrected chi connectivity index (χ1v) is 10.0. The van der Waals surface area contributed by atoms with Crippen molar-refractivity contribution in [2.75, 3.05) is 11.9 Å². The summed E-state index contributed by atoms with van der Waals surface area (Å²) in [5, 5.41) is 24.4. The zero-order valence-electron chi connectivity index (χ0n) is 15.8. The first-order chi connectivity index (χ1) is 14.1. The van der Waals surface area contributed by atoms with E-state index in [1.54, 1.807) is 4.57 Å². The third-order valence-corrected chi connectivity index (χ3v) is 5.26. The highest BCUT2D eigenvalue weighted by Crippen LogP contribution is 2.40. The molecule has 4 rings (SSSR count). The van der Waals surface area contributed by atoms with E-state index in [4.69, 9.17) is 0 Å². The summed E-state index contributed by atoms with van der Waals surface area (Å²) in [7, 11) is 0. The van der Waals surface area contributed by atoms with Crippen molar-refractivity contribution >= 4 is 54.9 Å². The van der Waals surface area contributed by atoms with Crippen LogP contribution in [-0.4, -0.2) is 22.1 Å². The number of benzene rings is 3. The molecule has 7 heteroatoms. The Kier molecular flexibility index (Phi) is 5.31. The summed E-state index contributed by atoms with van der Waals surface area (Å²) in [5.74, 6) is -0.427. The zero-order chi connectivity index (χ0) is 20.4. The molecule has 0 aliphatic rings. The van der Waals surface area contributed by atoms with E-state index in [0.717, 1.165) is 31.8 Å². The molecule has 0 radical (unpaired) electrons. The second kappa shape index (κ2) is 8.05. The first-order valence-electron chi connectivity index (χ1n) is 9.25. The molecule has 0 unspecified atom stereocenters. The summed E-state index contributed by atoms with van der Waals surface area (Å²) in [6.07, 6.45) is 0. The molecule has 0 saturated heterocycles. The van der Waals surface area contributed by atoms with Crippen LogP contribution in [0, 0.1) is 0 Å². The zero-order valence-corrected chi connectivity index (χ0v) is 17.3. The molecule has 2 N–H and O–H groups in total. The number of nitrogens with zero attached hydrogens (tertiary/aromatic N) is 3. The second-order valence-electron chi connectivity index (χ2n) is 6.55. The Bertz CT molecular complexity index is 1240. The molecule has 0 aliphatic heterocycles. The highest BCUT2D eigenvalue weighted by molar-refractivity contribution is 9.10. The smallest absolute Gasteiger partial charge is 0.283 e. The number of carbonyl (C=O) groups excluding carboxylic acids is 1. The van der Waals surface area contributed by atoms with Crippen molar-refractivity contribution in [3.63, 3.8) is 0 Å². The number of aryl methyl sites for hydroxylation is 1. The van der Waals surface area contributed by atoms with Crippen molar-refractivity contribution < 1.29 is 9.90 Å². The minimum Gasteiger partial charge on any atom is -0.493 e. The third kappa shape index (κ3) is 3.73. The van der Waals surface area contributed by atoms with Gasteiger partial charge in [0.15, 0.2) is 5.69 Å². The summed E-state index contributed by atoms with van der Waals surface area (Å²) in [4.78, 5) is 12.3. The summed E-state index contributed by atoms with van der Waals surface area (Å²) < 4.78 is 2.59. The fourth-order valence-corrected chi connectivity index (χ4v) is 3.77. The van der Waals surface area contributed by atoms with Crippen molar-refractivity contribution in [1.29, 1.82) is 0 Å². The Balaban J connectivity index is 1.56. The minimum atomic E-state index is -0.426. The van der Waals surface area contributed by atoms with E-state index in [-0.39, 0.29) is 12.4 Å². The van der Waals surface area contributed by atoms with Gasteiger partial charge in [0.1, 0.15) is 0 Å². The number of carbonyl (C=O) groups is 1. The second-order valence-corrected chi connectivity index (χ2v) is 7.47. The van der Waals surface area contributed by atoms with Crippen LogP contribution in [0.2, 0.25) is 0 Å². The van der Waals surface area contributed by atoms with E-state index >= 15 is 0 Å². The molecule has 146 valence electrons. The number of hydrogen-bond acceptors (Lipinski definition) is 4. The van der Waals surface area contributed by atoms with Gasteiger partial charge in [0.25, 0.3) is 5.91 Å². The Labute approximate surface area is 176 Å². The standard InChI is InChI=1S/C22H19BrN4O2/c1-2-27-19-11-10-15(23)12-17(19)21(22(27)29)26-25-20(28)13-24-18-9-5-7-14-6-3-4-8-16(14)18/h3-12,24,29H,2,13H2,1H3. The Morgan fingerprint density at radius 3 is 2.72 bits per heavy atom. The highest BCUT2D eigenvalue weighted by Gasteiger charge is 2.16. The number of amides is 1. The summed E-state index contributed by atoms with van der Waals surface area (Å²) in [6.45, 7) is 2.52. The molecular weight excluding hydrogens is 432 g/mol. The number of hydrogen-bond donors (Lipinski definition) is 2. The summed E-state index contributed by atoms with van der Waals surface area (Å²) >= 11 is 3.43. The highest BCUT2D eigenvalue weighted by atomic mass is 79.9. The van der Waals surface area contributed by atoms with Crippen LogP contribution < -0.4 is 5.32 Å². The van der Waals surface area contributed by atoms with Crippen LogP contribution in [0.4, 0.5) is 11.4 Å². The largest absolute Gasteiger partial charge is 0.493 e. The molecule has 0 atom stereocenters. The first kappa shape index (κ1) is 19.1. The maximum absolute atomic E-state index is 12.3. The fraction of sp³-hybridized carbons (Fsp3) is 0.136. The lowest BCUT2D eigenvalue weighted by atomic mass is 10.1. The molecule has 29 heavy (non-hydrogen) atoms. The van der Waals surface area contributed by atoms with E-state index < -0.39 is 5.91 Å². The van der Waals surface area contributed by atoms with Gasteiger partial charge in [0, 0.05) is 27.5 Å². The monoisotopic (exact) mass is 450 g/mol. The number of aromatic hydroxyl groups is 1. The van der Waals surface area contributed by atoms with Crippen LogP contribution in [0.5, 0.6) is 5.88 Å². The van der Waals surface area contributed by atoms with Crippen LogP contribution in [-0.2, 0) is 11.3 Å². The van der Waals surface area contributed by atoms with Crippen LogP contribution in [0.1, 0.15) is 6.92 Å². The lowest BCUT2D eigenvalue weighted by Gasteiger charge is -2.07. The molecule has 0 fully saturated rings. The molecule has 1 amide bonds. The summed E-state index contributed by atoms with van der Waals surface area (Å²) in [6, 6.07) is 19.5. The molecule has 4 aromatic rings. The van der Waals surface area contributed by atoms with Gasteiger partial charge in [0.05, 0.1) is 12.1 Å². The van der Waals surface area contributed by atoms with Gasteiger partial charge in [-0.2, -0.15) is 0 Å². The van der Waals surface area contributed by atoms with Crippen molar-refractivity contribution in [1.82, 2.24) is 4.57 Å². The number of rotatable bonds is 5. The van der Waals surface area contributed by atoms with Gasteiger partial charge in [-0.25, -0.2) is 0 Å². The molecule has 1 heterocycles. The Hall–Kier alpha value is -3.19. The third-order valence-electron chi connectivity index (χ3n) is 4.77. The number of halogens is 1. The van der Waals surface area contributed by atoms with Gasteiger partial charge < -0.3 is 15.0 Å². The van der Waals surface area contributed by atoms with Crippen molar-refractivity contribution in [3.8, 4) is 5.88 Å². The van der Waals surface area contributed by atoms with Crippen molar-refractivity contribution in [2.45, 2.75) is 13.5 Å². The van der Waals surface area contributed by atoms with Crippen LogP contribution in [0.3, 0.4) is 0 Å². The Morgan fingerprint density at radius 2 is 1.90 bits per heavy atom. The van der Waals surface area contributed by atoms with Gasteiger partial charge in [0.2, 0.25) is 5.88 Å². The maximum Gasteiger partial charge on any atom is 0.283 e. The number of aromatic nitrogens is 1. The van der Waals surface area contributed by atoms with Crippen molar-refractivity contribution in [3.05, 3.63) is 65.1 Å². The lowest BCUT2D eigenvalue weighted by molar-refractivity contribution is -0.116. The normalized spacial score (nSPS) is 11.5. The predicted octanol–water partition coefficient (Wildman–Crippen LogP) is 6.00. The van der Waals surface area contributed by atoms with Crippen LogP contribution in [0.15, 0.2) is 75.4 Å². The average Bonchev–Trinajstić information content (AvgIpc) is 3.00. The number of anilines is 1. The van der Waals surface area contributed by atoms with Gasteiger partial charge in [-0.15, -0.1) is 10.2 Å². The van der Waals surface area contributed by atoms with Crippen LogP contribution >= 0.6 is 15.9 Å². The maximum atomic E-state index is 12.3. The SMILES string of the molecule is CCn1c(O)c(N=NC(=O)CNc2cccc3ccccc23)c2cc(Br)ccc21. The van der Waals surface area contributed by atoms with E-state index in [9.17, 15) is 9.90 Å². The lowest BCUT2D eigenvalue weighted by Crippen LogP contribution is -2.11. The summed E-state index contributed by atoms with van der Waals surface area (Å²) in [5.41, 5.74) is 1.99. The van der Waals surface area contributed by atoms with E-state index in [0.29, 0.717) is 12.2 Å². The van der Waals surface area contributed by atoms with Gasteiger partial charge >= 0.3 is 0 Å². The van der Waals surface area contributed by atoms with Gasteiger partial charge in [-0.05, 0) is 36.6 Å². The minimum absolute atomic E-state index is 0.000775. The Morgan fingerprint density at radius 1 is 1.10 bits per heavy atom. The van der Waals surface area contributed by atoms with E-state index in [1.807, 2.05) is 67.6 Å². The van der Waals surface area contributed by atoms with Crippen LogP contribution in [0.25, 0.3) is 21.7 Å². The number of nitrogens with one attached hydrogen (secondary N) is 1. The molecule has 0 bridgehead atoms. The topological polar surface area (TPSA) is 79.0 Å². The average molecular weight is 451 g/mol. The molecule has 1 aromatic heterocycles. The number of fused-ring (bicyclic) bond motifs is 2. The molecule has 0 aliphatic carbocycles. The molecular formula is C22H19BrN4O2. The molecule has 0 spiro atoms. The van der Waals surface area contributed by atoms with Gasteiger partial charge in [-0.1, -0.05) is 52.3 Å². The van der Waals surface area contributed by atoms with Crippen molar-refractivity contribution in [2.24, 2.45) is 10.2 Å². The van der Waals surface area contributed by atoms with Gasteiger partial charge in [-0.3, -0.25) is 4.79 Å². The molecule has 3 aromatic carbocycles. The molecule has 0 saturated carbocycles. The van der Waals surface area contributed by atoms with E-state index in [1.165, 1.54) is 0 Å². The van der Waals surface area contributed by atoms with E-state index in [2.05, 4.69) is 31.5 Å². The quantitative estimate of drug-likeness (QED) is 0.365. The molecule has 6 nitrogen and oxygen atoms in total. The predicted molar refractivity (Wildman–Crippen MR) is 119 cm³/mol.